The summed E-state index contributed by atoms with van der Waals surface area (Å²) in [7, 11) is 0. The smallest absolute Gasteiger partial charge is 0.140 e. The van der Waals surface area contributed by atoms with Crippen LogP contribution in [0.25, 0.3) is 11.4 Å². The molecule has 0 spiro atoms. The van der Waals surface area contributed by atoms with Crippen molar-refractivity contribution in [3.8, 4) is 11.4 Å². The highest BCUT2D eigenvalue weighted by Crippen LogP contribution is 2.23. The third-order valence-corrected chi connectivity index (χ3v) is 2.95. The lowest BCUT2D eigenvalue weighted by molar-refractivity contribution is 0.685. The number of rotatable bonds is 4. The largest absolute Gasteiger partial charge is 0.331 e. The van der Waals surface area contributed by atoms with Gasteiger partial charge in [0.1, 0.15) is 5.82 Å². The third kappa shape index (κ3) is 2.39. The topological polar surface area (TPSA) is 43.8 Å². The first-order chi connectivity index (χ1) is 8.26. The Hall–Kier alpha value is -1.61. The van der Waals surface area contributed by atoms with Gasteiger partial charge in [-0.05, 0) is 24.5 Å². The summed E-state index contributed by atoms with van der Waals surface area (Å²) < 4.78 is 2.20. The minimum atomic E-state index is 0.588. The molecule has 3 nitrogen and oxygen atoms in total. The highest BCUT2D eigenvalue weighted by molar-refractivity contribution is 5.61. The molecule has 0 radical (unpaired) electrons. The van der Waals surface area contributed by atoms with E-state index in [4.69, 9.17) is 5.73 Å². The molecule has 0 aliphatic rings. The molecule has 0 saturated heterocycles. The molecule has 0 aliphatic carbocycles. The minimum absolute atomic E-state index is 0.588. The molecular weight excluding hydrogens is 210 g/mol. The lowest BCUT2D eigenvalue weighted by Gasteiger charge is -2.10. The minimum Gasteiger partial charge on any atom is -0.331 e. The van der Waals surface area contributed by atoms with Gasteiger partial charge in [0.05, 0.1) is 0 Å². The van der Waals surface area contributed by atoms with Gasteiger partial charge in [0, 0.05) is 31.0 Å². The Labute approximate surface area is 102 Å². The van der Waals surface area contributed by atoms with Crippen LogP contribution in [0.1, 0.15) is 24.5 Å². The second-order valence-electron chi connectivity index (χ2n) is 4.30. The second kappa shape index (κ2) is 5.15. The van der Waals surface area contributed by atoms with Gasteiger partial charge in [-0.3, -0.25) is 0 Å². The summed E-state index contributed by atoms with van der Waals surface area (Å²) in [5.74, 6) is 1.05. The Kier molecular flexibility index (Phi) is 3.59. The molecule has 0 bridgehead atoms. The van der Waals surface area contributed by atoms with Gasteiger partial charge in [-0.2, -0.15) is 0 Å². The van der Waals surface area contributed by atoms with Crippen molar-refractivity contribution in [2.75, 3.05) is 0 Å². The zero-order valence-electron chi connectivity index (χ0n) is 10.5. The fraction of sp³-hybridized carbons (Fsp3) is 0.357. The van der Waals surface area contributed by atoms with E-state index in [1.165, 1.54) is 16.7 Å². The van der Waals surface area contributed by atoms with Gasteiger partial charge in [-0.25, -0.2) is 4.98 Å². The Balaban J connectivity index is 2.42. The van der Waals surface area contributed by atoms with Crippen LogP contribution >= 0.6 is 0 Å². The second-order valence-corrected chi connectivity index (χ2v) is 4.30. The van der Waals surface area contributed by atoms with E-state index in [2.05, 4.69) is 41.6 Å². The van der Waals surface area contributed by atoms with Crippen LogP contribution in [0.2, 0.25) is 0 Å². The van der Waals surface area contributed by atoms with Gasteiger partial charge in [0.2, 0.25) is 0 Å². The number of hydrogen-bond donors (Lipinski definition) is 1. The van der Waals surface area contributed by atoms with Crippen LogP contribution in [-0.2, 0) is 13.1 Å². The van der Waals surface area contributed by atoms with Crippen molar-refractivity contribution in [3.63, 3.8) is 0 Å². The SMILES string of the molecule is CCCn1ccnc1-c1ccc(CN)cc1C. The highest BCUT2D eigenvalue weighted by atomic mass is 15.1. The Morgan fingerprint density at radius 2 is 2.18 bits per heavy atom. The average Bonchev–Trinajstić information content (AvgIpc) is 2.77. The number of aryl methyl sites for hydroxylation is 2. The van der Waals surface area contributed by atoms with Crippen LogP contribution in [0.5, 0.6) is 0 Å². The van der Waals surface area contributed by atoms with Gasteiger partial charge in [-0.15, -0.1) is 0 Å². The van der Waals surface area contributed by atoms with Crippen molar-refractivity contribution in [1.29, 1.82) is 0 Å². The maximum absolute atomic E-state index is 5.64. The van der Waals surface area contributed by atoms with Crippen LogP contribution in [0.3, 0.4) is 0 Å². The molecule has 0 atom stereocenters. The first-order valence-corrected chi connectivity index (χ1v) is 6.07. The predicted octanol–water partition coefficient (Wildman–Crippen LogP) is 2.73. The summed E-state index contributed by atoms with van der Waals surface area (Å²) in [6.07, 6.45) is 5.01. The molecule has 1 aromatic heterocycles. The fourth-order valence-electron chi connectivity index (χ4n) is 2.08. The number of nitrogens with zero attached hydrogens (tertiary/aromatic N) is 2. The van der Waals surface area contributed by atoms with Crippen LogP contribution in [-0.4, -0.2) is 9.55 Å². The number of hydrogen-bond acceptors (Lipinski definition) is 2. The molecule has 2 rings (SSSR count). The van der Waals surface area contributed by atoms with Crippen molar-refractivity contribution < 1.29 is 0 Å². The molecule has 0 unspecified atom stereocenters. The van der Waals surface area contributed by atoms with E-state index in [-0.39, 0.29) is 0 Å². The van der Waals surface area contributed by atoms with Crippen molar-refractivity contribution in [2.45, 2.75) is 33.4 Å². The Bertz CT molecular complexity index is 500. The normalized spacial score (nSPS) is 10.8. The molecule has 0 aliphatic heterocycles. The molecule has 2 N–H and O–H groups in total. The monoisotopic (exact) mass is 229 g/mol. The summed E-state index contributed by atoms with van der Waals surface area (Å²) in [6.45, 7) is 5.88. The van der Waals surface area contributed by atoms with E-state index in [1.807, 2.05) is 12.4 Å². The van der Waals surface area contributed by atoms with Crippen LogP contribution in [0, 0.1) is 6.92 Å². The molecule has 0 saturated carbocycles. The first kappa shape index (κ1) is 11.9. The molecule has 90 valence electrons. The van der Waals surface area contributed by atoms with Crippen LogP contribution in [0.4, 0.5) is 0 Å². The summed E-state index contributed by atoms with van der Waals surface area (Å²) in [5.41, 5.74) is 9.24. The molecule has 1 aromatic carbocycles. The number of benzene rings is 1. The number of imidazole rings is 1. The first-order valence-electron chi connectivity index (χ1n) is 6.07. The van der Waals surface area contributed by atoms with E-state index in [1.54, 1.807) is 0 Å². The van der Waals surface area contributed by atoms with E-state index < -0.39 is 0 Å². The summed E-state index contributed by atoms with van der Waals surface area (Å²) in [6, 6.07) is 6.33. The average molecular weight is 229 g/mol. The Morgan fingerprint density at radius 3 is 2.82 bits per heavy atom. The van der Waals surface area contributed by atoms with E-state index in [0.717, 1.165) is 18.8 Å². The summed E-state index contributed by atoms with van der Waals surface area (Å²) in [4.78, 5) is 4.45. The molecule has 0 amide bonds. The standard InChI is InChI=1S/C14H19N3/c1-3-7-17-8-6-16-14(17)13-5-4-12(10-15)9-11(13)2/h4-6,8-9H,3,7,10,15H2,1-2H3. The molecular formula is C14H19N3. The number of aromatic nitrogens is 2. The lowest BCUT2D eigenvalue weighted by atomic mass is 10.0. The summed E-state index contributed by atoms with van der Waals surface area (Å²) >= 11 is 0. The zero-order valence-corrected chi connectivity index (χ0v) is 10.5. The van der Waals surface area contributed by atoms with Crippen LogP contribution < -0.4 is 5.73 Å². The third-order valence-electron chi connectivity index (χ3n) is 2.95. The molecule has 3 heteroatoms. The quantitative estimate of drug-likeness (QED) is 0.876. The summed E-state index contributed by atoms with van der Waals surface area (Å²) in [5, 5.41) is 0. The molecule has 17 heavy (non-hydrogen) atoms. The van der Waals surface area contributed by atoms with Crippen molar-refractivity contribution in [1.82, 2.24) is 9.55 Å². The van der Waals surface area contributed by atoms with Crippen molar-refractivity contribution >= 4 is 0 Å². The maximum atomic E-state index is 5.64. The van der Waals surface area contributed by atoms with Crippen molar-refractivity contribution in [2.24, 2.45) is 5.73 Å². The van der Waals surface area contributed by atoms with E-state index in [9.17, 15) is 0 Å². The fourth-order valence-corrected chi connectivity index (χ4v) is 2.08. The van der Waals surface area contributed by atoms with Gasteiger partial charge < -0.3 is 10.3 Å². The lowest BCUT2D eigenvalue weighted by Crippen LogP contribution is -2.01. The van der Waals surface area contributed by atoms with Gasteiger partial charge in [0.25, 0.3) is 0 Å². The predicted molar refractivity (Wildman–Crippen MR) is 70.6 cm³/mol. The van der Waals surface area contributed by atoms with Gasteiger partial charge in [-0.1, -0.05) is 25.1 Å². The van der Waals surface area contributed by atoms with Crippen LogP contribution in [0.15, 0.2) is 30.6 Å². The molecule has 0 fully saturated rings. The van der Waals surface area contributed by atoms with Gasteiger partial charge in [0.15, 0.2) is 0 Å². The van der Waals surface area contributed by atoms with E-state index >= 15 is 0 Å². The highest BCUT2D eigenvalue weighted by Gasteiger charge is 2.08. The Morgan fingerprint density at radius 1 is 1.35 bits per heavy atom. The van der Waals surface area contributed by atoms with E-state index in [0.29, 0.717) is 6.54 Å². The molecule has 2 aromatic rings. The maximum Gasteiger partial charge on any atom is 0.140 e. The molecule has 1 heterocycles. The van der Waals surface area contributed by atoms with Gasteiger partial charge >= 0.3 is 0 Å². The van der Waals surface area contributed by atoms with Crippen molar-refractivity contribution in [3.05, 3.63) is 41.7 Å². The number of nitrogens with two attached hydrogens (primary N) is 1. The zero-order chi connectivity index (χ0) is 12.3.